The standard InChI is InChI=1S/C13H12BrNO3S/c1-9-2-7-13(16)12(8-9)15-19(17,18)11-5-3-10(14)4-6-11/h2-8,15-16H,1H3. The molecule has 0 aliphatic carbocycles. The molecular weight excluding hydrogens is 330 g/mol. The molecule has 2 N–H and O–H groups in total. The van der Waals surface area contributed by atoms with E-state index in [9.17, 15) is 13.5 Å². The number of anilines is 1. The van der Waals surface area contributed by atoms with Gasteiger partial charge in [0.2, 0.25) is 0 Å². The van der Waals surface area contributed by atoms with Crippen molar-refractivity contribution in [1.29, 1.82) is 0 Å². The predicted molar refractivity (Wildman–Crippen MR) is 77.8 cm³/mol. The van der Waals surface area contributed by atoms with E-state index in [1.165, 1.54) is 18.2 Å². The third-order valence-corrected chi connectivity index (χ3v) is 4.43. The van der Waals surface area contributed by atoms with Gasteiger partial charge in [-0.25, -0.2) is 8.42 Å². The zero-order valence-electron chi connectivity index (χ0n) is 10.1. The second-order valence-electron chi connectivity index (χ2n) is 4.08. The van der Waals surface area contributed by atoms with Crippen LogP contribution >= 0.6 is 15.9 Å². The van der Waals surface area contributed by atoms with Crippen LogP contribution in [0.3, 0.4) is 0 Å². The van der Waals surface area contributed by atoms with Gasteiger partial charge in [-0.05, 0) is 48.9 Å². The molecule has 100 valence electrons. The quantitative estimate of drug-likeness (QED) is 0.842. The van der Waals surface area contributed by atoms with E-state index in [-0.39, 0.29) is 16.3 Å². The Balaban J connectivity index is 2.36. The molecule has 0 aliphatic heterocycles. The molecule has 0 amide bonds. The van der Waals surface area contributed by atoms with Crippen molar-refractivity contribution < 1.29 is 13.5 Å². The first-order valence-corrected chi connectivity index (χ1v) is 7.74. The van der Waals surface area contributed by atoms with Gasteiger partial charge < -0.3 is 5.11 Å². The van der Waals surface area contributed by atoms with Crippen LogP contribution < -0.4 is 4.72 Å². The maximum absolute atomic E-state index is 12.1. The van der Waals surface area contributed by atoms with E-state index in [1.54, 1.807) is 24.3 Å². The first kappa shape index (κ1) is 13.9. The summed E-state index contributed by atoms with van der Waals surface area (Å²) in [5.74, 6) is -0.105. The molecule has 0 heterocycles. The third-order valence-electron chi connectivity index (χ3n) is 2.52. The Kier molecular flexibility index (Phi) is 3.82. The second-order valence-corrected chi connectivity index (χ2v) is 6.68. The number of phenols is 1. The van der Waals surface area contributed by atoms with Crippen LogP contribution in [-0.4, -0.2) is 13.5 Å². The molecule has 19 heavy (non-hydrogen) atoms. The second kappa shape index (κ2) is 5.22. The van der Waals surface area contributed by atoms with Crippen LogP contribution in [0, 0.1) is 6.92 Å². The van der Waals surface area contributed by atoms with Crippen LogP contribution in [0.1, 0.15) is 5.56 Å². The number of benzene rings is 2. The summed E-state index contributed by atoms with van der Waals surface area (Å²) in [6, 6.07) is 11.0. The number of aryl methyl sites for hydroxylation is 1. The summed E-state index contributed by atoms with van der Waals surface area (Å²) in [6.45, 7) is 1.82. The number of hydrogen-bond donors (Lipinski definition) is 2. The maximum atomic E-state index is 12.1. The molecule has 2 aromatic rings. The van der Waals surface area contributed by atoms with Gasteiger partial charge in [0.05, 0.1) is 10.6 Å². The highest BCUT2D eigenvalue weighted by molar-refractivity contribution is 9.10. The molecule has 0 aromatic heterocycles. The number of nitrogens with one attached hydrogen (secondary N) is 1. The molecular formula is C13H12BrNO3S. The summed E-state index contributed by atoms with van der Waals surface area (Å²) in [5, 5.41) is 9.65. The van der Waals surface area contributed by atoms with Crippen molar-refractivity contribution in [2.24, 2.45) is 0 Å². The summed E-state index contributed by atoms with van der Waals surface area (Å²) in [6.07, 6.45) is 0. The van der Waals surface area contributed by atoms with E-state index in [4.69, 9.17) is 0 Å². The van der Waals surface area contributed by atoms with E-state index in [0.717, 1.165) is 10.0 Å². The van der Waals surface area contributed by atoms with Crippen molar-refractivity contribution in [3.63, 3.8) is 0 Å². The molecule has 0 radical (unpaired) electrons. The van der Waals surface area contributed by atoms with Gasteiger partial charge in [0, 0.05) is 4.47 Å². The molecule has 0 bridgehead atoms. The van der Waals surface area contributed by atoms with E-state index >= 15 is 0 Å². The van der Waals surface area contributed by atoms with Crippen LogP contribution in [0.15, 0.2) is 51.8 Å². The minimum atomic E-state index is -3.70. The average Bonchev–Trinajstić information content (AvgIpc) is 2.34. The Morgan fingerprint density at radius 3 is 2.37 bits per heavy atom. The van der Waals surface area contributed by atoms with Gasteiger partial charge in [-0.2, -0.15) is 0 Å². The van der Waals surface area contributed by atoms with Gasteiger partial charge in [-0.3, -0.25) is 4.72 Å². The lowest BCUT2D eigenvalue weighted by molar-refractivity contribution is 0.477. The number of rotatable bonds is 3. The highest BCUT2D eigenvalue weighted by Gasteiger charge is 2.15. The number of sulfonamides is 1. The fraction of sp³-hybridized carbons (Fsp3) is 0.0769. The predicted octanol–water partition coefficient (Wildman–Crippen LogP) is 3.26. The number of halogens is 1. The molecule has 0 fully saturated rings. The number of aromatic hydroxyl groups is 1. The minimum Gasteiger partial charge on any atom is -0.506 e. The largest absolute Gasteiger partial charge is 0.506 e. The van der Waals surface area contributed by atoms with Crippen molar-refractivity contribution in [1.82, 2.24) is 0 Å². The van der Waals surface area contributed by atoms with E-state index < -0.39 is 10.0 Å². The lowest BCUT2D eigenvalue weighted by Gasteiger charge is -2.10. The van der Waals surface area contributed by atoms with Gasteiger partial charge in [0.25, 0.3) is 10.0 Å². The third kappa shape index (κ3) is 3.27. The molecule has 0 spiro atoms. The van der Waals surface area contributed by atoms with Crippen LogP contribution in [0.5, 0.6) is 5.75 Å². The van der Waals surface area contributed by atoms with Gasteiger partial charge in [-0.15, -0.1) is 0 Å². The molecule has 2 aromatic carbocycles. The Bertz CT molecular complexity index is 696. The maximum Gasteiger partial charge on any atom is 0.262 e. The first-order valence-electron chi connectivity index (χ1n) is 5.46. The molecule has 6 heteroatoms. The first-order chi connectivity index (χ1) is 8.88. The fourth-order valence-corrected chi connectivity index (χ4v) is 2.88. The summed E-state index contributed by atoms with van der Waals surface area (Å²) < 4.78 is 27.4. The van der Waals surface area contributed by atoms with E-state index in [1.807, 2.05) is 6.92 Å². The summed E-state index contributed by atoms with van der Waals surface area (Å²) >= 11 is 3.24. The summed E-state index contributed by atoms with van der Waals surface area (Å²) in [4.78, 5) is 0.136. The Hall–Kier alpha value is -1.53. The SMILES string of the molecule is Cc1ccc(O)c(NS(=O)(=O)c2ccc(Br)cc2)c1. The molecule has 4 nitrogen and oxygen atoms in total. The number of hydrogen-bond acceptors (Lipinski definition) is 3. The van der Waals surface area contributed by atoms with Crippen molar-refractivity contribution in [2.45, 2.75) is 11.8 Å². The normalized spacial score (nSPS) is 11.3. The molecule has 0 unspecified atom stereocenters. The van der Waals surface area contributed by atoms with E-state index in [2.05, 4.69) is 20.7 Å². The molecule has 2 rings (SSSR count). The Labute approximate surface area is 120 Å². The molecule has 0 saturated heterocycles. The highest BCUT2D eigenvalue weighted by atomic mass is 79.9. The van der Waals surface area contributed by atoms with Crippen LogP contribution in [0.4, 0.5) is 5.69 Å². The lowest BCUT2D eigenvalue weighted by atomic mass is 10.2. The van der Waals surface area contributed by atoms with Crippen molar-refractivity contribution in [3.8, 4) is 5.75 Å². The van der Waals surface area contributed by atoms with E-state index in [0.29, 0.717) is 0 Å². The molecule has 0 saturated carbocycles. The monoisotopic (exact) mass is 341 g/mol. The summed E-state index contributed by atoms with van der Waals surface area (Å²) in [7, 11) is -3.70. The van der Waals surface area contributed by atoms with Gasteiger partial charge >= 0.3 is 0 Å². The van der Waals surface area contributed by atoms with Crippen LogP contribution in [0.25, 0.3) is 0 Å². The Morgan fingerprint density at radius 2 is 1.74 bits per heavy atom. The average molecular weight is 342 g/mol. The van der Waals surface area contributed by atoms with Gasteiger partial charge in [0.15, 0.2) is 0 Å². The number of phenolic OH excluding ortho intramolecular Hbond substituents is 1. The zero-order valence-corrected chi connectivity index (χ0v) is 12.5. The smallest absolute Gasteiger partial charge is 0.262 e. The molecule has 0 atom stereocenters. The van der Waals surface area contributed by atoms with Crippen molar-refractivity contribution >= 4 is 31.6 Å². The van der Waals surface area contributed by atoms with Crippen LogP contribution in [0.2, 0.25) is 0 Å². The van der Waals surface area contributed by atoms with Crippen molar-refractivity contribution in [2.75, 3.05) is 4.72 Å². The van der Waals surface area contributed by atoms with Gasteiger partial charge in [-0.1, -0.05) is 22.0 Å². The lowest BCUT2D eigenvalue weighted by Crippen LogP contribution is -2.13. The fourth-order valence-electron chi connectivity index (χ4n) is 1.55. The minimum absolute atomic E-state index is 0.105. The molecule has 0 aliphatic rings. The zero-order chi connectivity index (χ0) is 14.0. The summed E-state index contributed by atoms with van der Waals surface area (Å²) in [5.41, 5.74) is 1.02. The topological polar surface area (TPSA) is 66.4 Å². The van der Waals surface area contributed by atoms with Gasteiger partial charge in [0.1, 0.15) is 5.75 Å². The van der Waals surface area contributed by atoms with Crippen molar-refractivity contribution in [3.05, 3.63) is 52.5 Å². The van der Waals surface area contributed by atoms with Crippen LogP contribution in [-0.2, 0) is 10.0 Å². The Morgan fingerprint density at radius 1 is 1.11 bits per heavy atom. The highest BCUT2D eigenvalue weighted by Crippen LogP contribution is 2.27.